The lowest BCUT2D eigenvalue weighted by molar-refractivity contribution is -0.136. The van der Waals surface area contributed by atoms with Gasteiger partial charge in [0.2, 0.25) is 0 Å². The smallest absolute Gasteiger partial charge is 0.309 e. The van der Waals surface area contributed by atoms with Crippen molar-refractivity contribution in [2.24, 2.45) is 0 Å². The predicted molar refractivity (Wildman–Crippen MR) is 88.2 cm³/mol. The Morgan fingerprint density at radius 1 is 1.29 bits per heavy atom. The fraction of sp³-hybridized carbons (Fsp3) is 0.375. The zero-order valence-electron chi connectivity index (χ0n) is 12.4. The summed E-state index contributed by atoms with van der Waals surface area (Å²) in [7, 11) is 0. The van der Waals surface area contributed by atoms with Gasteiger partial charge in [-0.25, -0.2) is 4.98 Å². The van der Waals surface area contributed by atoms with Gasteiger partial charge in [-0.3, -0.25) is 4.79 Å². The first-order valence-electron chi connectivity index (χ1n) is 6.73. The van der Waals surface area contributed by atoms with E-state index in [1.54, 1.807) is 11.8 Å². The molecular formula is C16H19NO2S2. The van der Waals surface area contributed by atoms with Gasteiger partial charge in [-0.2, -0.15) is 0 Å². The average molecular weight is 321 g/mol. The molecule has 0 spiro atoms. The highest BCUT2D eigenvalue weighted by atomic mass is 32.2. The van der Waals surface area contributed by atoms with Crippen LogP contribution in [0.5, 0.6) is 0 Å². The average Bonchev–Trinajstić information content (AvgIpc) is 2.82. The Bertz CT molecular complexity index is 612. The maximum Gasteiger partial charge on any atom is 0.309 e. The lowest BCUT2D eigenvalue weighted by atomic mass is 9.87. The van der Waals surface area contributed by atoms with Crippen LogP contribution in [0.3, 0.4) is 0 Å². The molecule has 112 valence electrons. The van der Waals surface area contributed by atoms with E-state index in [-0.39, 0.29) is 11.8 Å². The van der Waals surface area contributed by atoms with Gasteiger partial charge < -0.3 is 5.11 Å². The minimum absolute atomic E-state index is 0.00264. The van der Waals surface area contributed by atoms with Gasteiger partial charge in [0.1, 0.15) is 4.34 Å². The first-order valence-corrected chi connectivity index (χ1v) is 8.59. The molecular weight excluding hydrogens is 302 g/mol. The van der Waals surface area contributed by atoms with Crippen molar-refractivity contribution in [3.05, 3.63) is 46.5 Å². The molecule has 0 bridgehead atoms. The molecule has 0 aliphatic heterocycles. The number of carboxylic acid groups (broad SMARTS) is 1. The molecule has 1 heterocycles. The van der Waals surface area contributed by atoms with Gasteiger partial charge in [-0.1, -0.05) is 56.8 Å². The van der Waals surface area contributed by atoms with Gasteiger partial charge in [0.05, 0.1) is 12.1 Å². The monoisotopic (exact) mass is 321 g/mol. The number of thiazole rings is 1. The van der Waals surface area contributed by atoms with Crippen LogP contribution in [0, 0.1) is 0 Å². The number of carbonyl (C=O) groups is 1. The molecule has 0 aliphatic rings. The second-order valence-corrected chi connectivity index (χ2v) is 7.99. The summed E-state index contributed by atoms with van der Waals surface area (Å²) in [5.41, 5.74) is 3.39. The van der Waals surface area contributed by atoms with E-state index in [0.717, 1.165) is 10.1 Å². The van der Waals surface area contributed by atoms with E-state index < -0.39 is 5.97 Å². The lowest BCUT2D eigenvalue weighted by Crippen LogP contribution is -2.10. The third kappa shape index (κ3) is 4.86. The normalized spacial score (nSPS) is 11.6. The summed E-state index contributed by atoms with van der Waals surface area (Å²) in [4.78, 5) is 15.0. The Balaban J connectivity index is 1.94. The quantitative estimate of drug-likeness (QED) is 0.831. The summed E-state index contributed by atoms with van der Waals surface area (Å²) in [5, 5.41) is 10.6. The van der Waals surface area contributed by atoms with Gasteiger partial charge in [0.25, 0.3) is 0 Å². The van der Waals surface area contributed by atoms with Gasteiger partial charge in [-0.05, 0) is 16.5 Å². The highest BCUT2D eigenvalue weighted by Crippen LogP contribution is 2.28. The predicted octanol–water partition coefficient (Wildman–Crippen LogP) is 4.36. The van der Waals surface area contributed by atoms with Crippen LogP contribution in [0.25, 0.3) is 0 Å². The van der Waals surface area contributed by atoms with Crippen molar-refractivity contribution >= 4 is 29.1 Å². The fourth-order valence-electron chi connectivity index (χ4n) is 1.84. The summed E-state index contributed by atoms with van der Waals surface area (Å²) in [6.07, 6.45) is -0.00264. The SMILES string of the molecule is CC(C)(C)c1ccc(CSc2nc(CC(=O)O)cs2)cc1. The Hall–Kier alpha value is -1.33. The maximum absolute atomic E-state index is 10.6. The van der Waals surface area contributed by atoms with Gasteiger partial charge in [-0.15, -0.1) is 11.3 Å². The zero-order chi connectivity index (χ0) is 15.5. The highest BCUT2D eigenvalue weighted by molar-refractivity contribution is 8.00. The molecule has 21 heavy (non-hydrogen) atoms. The van der Waals surface area contributed by atoms with E-state index in [1.807, 2.05) is 5.38 Å². The number of hydrogen-bond donors (Lipinski definition) is 1. The van der Waals surface area contributed by atoms with Crippen molar-refractivity contribution in [3.63, 3.8) is 0 Å². The van der Waals surface area contributed by atoms with Crippen molar-refractivity contribution in [1.82, 2.24) is 4.98 Å². The molecule has 3 nitrogen and oxygen atoms in total. The van der Waals surface area contributed by atoms with E-state index >= 15 is 0 Å². The Morgan fingerprint density at radius 3 is 2.52 bits per heavy atom. The molecule has 0 unspecified atom stereocenters. The maximum atomic E-state index is 10.6. The largest absolute Gasteiger partial charge is 0.481 e. The molecule has 2 rings (SSSR count). The van der Waals surface area contributed by atoms with Crippen LogP contribution in [0.4, 0.5) is 0 Å². The first kappa shape index (κ1) is 16.0. The van der Waals surface area contributed by atoms with Crippen LogP contribution in [0.2, 0.25) is 0 Å². The number of nitrogens with zero attached hydrogens (tertiary/aromatic N) is 1. The minimum atomic E-state index is -0.838. The number of carboxylic acids is 1. The Kier molecular flexibility index (Phi) is 5.06. The van der Waals surface area contributed by atoms with Crippen LogP contribution in [0.1, 0.15) is 37.6 Å². The second-order valence-electron chi connectivity index (χ2n) is 5.91. The van der Waals surface area contributed by atoms with Gasteiger partial charge in [0.15, 0.2) is 0 Å². The Labute approximate surface area is 133 Å². The van der Waals surface area contributed by atoms with Gasteiger partial charge in [0, 0.05) is 11.1 Å². The zero-order valence-corrected chi connectivity index (χ0v) is 14.1. The third-order valence-corrected chi connectivity index (χ3v) is 5.19. The molecule has 5 heteroatoms. The molecule has 0 saturated carbocycles. The fourth-order valence-corrected chi connectivity index (χ4v) is 3.64. The van der Waals surface area contributed by atoms with E-state index in [2.05, 4.69) is 50.0 Å². The van der Waals surface area contributed by atoms with Crippen molar-refractivity contribution < 1.29 is 9.90 Å². The molecule has 1 N–H and O–H groups in total. The molecule has 0 radical (unpaired) electrons. The van der Waals surface area contributed by atoms with E-state index in [9.17, 15) is 4.79 Å². The molecule has 0 saturated heterocycles. The van der Waals surface area contributed by atoms with Gasteiger partial charge >= 0.3 is 5.97 Å². The number of aliphatic carboxylic acids is 1. The van der Waals surface area contributed by atoms with E-state index in [1.165, 1.54) is 22.5 Å². The van der Waals surface area contributed by atoms with E-state index in [4.69, 9.17) is 5.11 Å². The van der Waals surface area contributed by atoms with Crippen molar-refractivity contribution in [3.8, 4) is 0 Å². The van der Waals surface area contributed by atoms with Crippen molar-refractivity contribution in [2.45, 2.75) is 42.7 Å². The molecule has 0 fully saturated rings. The molecule has 1 aromatic heterocycles. The number of hydrogen-bond acceptors (Lipinski definition) is 4. The summed E-state index contributed by atoms with van der Waals surface area (Å²) in [6, 6.07) is 8.65. The molecule has 2 aromatic rings. The second kappa shape index (κ2) is 6.62. The molecule has 0 amide bonds. The standard InChI is InChI=1S/C16H19NO2S2/c1-16(2,3)12-6-4-11(5-7-12)9-20-15-17-13(10-21-15)8-14(18)19/h4-7,10H,8-9H2,1-3H3,(H,18,19). The highest BCUT2D eigenvalue weighted by Gasteiger charge is 2.13. The Morgan fingerprint density at radius 2 is 1.95 bits per heavy atom. The molecule has 0 atom stereocenters. The van der Waals surface area contributed by atoms with Crippen LogP contribution in [-0.4, -0.2) is 16.1 Å². The number of aromatic nitrogens is 1. The van der Waals surface area contributed by atoms with E-state index in [0.29, 0.717) is 5.69 Å². The number of thioether (sulfide) groups is 1. The molecule has 1 aromatic carbocycles. The number of benzene rings is 1. The molecule has 0 aliphatic carbocycles. The topological polar surface area (TPSA) is 50.2 Å². The van der Waals surface area contributed by atoms with Crippen LogP contribution >= 0.6 is 23.1 Å². The summed E-state index contributed by atoms with van der Waals surface area (Å²) >= 11 is 3.16. The minimum Gasteiger partial charge on any atom is -0.481 e. The first-order chi connectivity index (χ1) is 9.84. The third-order valence-electron chi connectivity index (χ3n) is 3.05. The van der Waals surface area contributed by atoms with Crippen LogP contribution in [0.15, 0.2) is 34.0 Å². The van der Waals surface area contributed by atoms with Crippen molar-refractivity contribution in [2.75, 3.05) is 0 Å². The summed E-state index contributed by atoms with van der Waals surface area (Å²) in [6.45, 7) is 6.61. The summed E-state index contributed by atoms with van der Waals surface area (Å²) < 4.78 is 0.922. The summed E-state index contributed by atoms with van der Waals surface area (Å²) in [5.74, 6) is 0.0133. The number of rotatable bonds is 5. The van der Waals surface area contributed by atoms with Crippen molar-refractivity contribution in [1.29, 1.82) is 0 Å². The van der Waals surface area contributed by atoms with Crippen LogP contribution in [-0.2, 0) is 22.4 Å². The van der Waals surface area contributed by atoms with Crippen LogP contribution < -0.4 is 0 Å². The lowest BCUT2D eigenvalue weighted by Gasteiger charge is -2.19.